The fraction of sp³-hybridized carbons (Fsp3) is 0.625. The second-order valence-corrected chi connectivity index (χ2v) is 4.81. The van der Waals surface area contributed by atoms with Gasteiger partial charge in [-0.3, -0.25) is 0 Å². The van der Waals surface area contributed by atoms with Crippen LogP contribution in [0.3, 0.4) is 0 Å². The Labute approximate surface area is 122 Å². The van der Waals surface area contributed by atoms with Gasteiger partial charge in [-0.15, -0.1) is 0 Å². The lowest BCUT2D eigenvalue weighted by Crippen LogP contribution is -2.32. The van der Waals surface area contributed by atoms with Gasteiger partial charge in [0.05, 0.1) is 25.9 Å². The molecule has 4 nitrogen and oxygen atoms in total. The number of aliphatic hydroxyl groups is 1. The van der Waals surface area contributed by atoms with Gasteiger partial charge in [-0.1, -0.05) is 24.3 Å². The molecular formula is C16H27NO3. The van der Waals surface area contributed by atoms with Crippen molar-refractivity contribution in [3.05, 3.63) is 35.4 Å². The summed E-state index contributed by atoms with van der Waals surface area (Å²) in [6, 6.07) is 8.37. The first-order valence-electron chi connectivity index (χ1n) is 7.32. The van der Waals surface area contributed by atoms with Gasteiger partial charge in [0.15, 0.2) is 0 Å². The number of nitrogens with one attached hydrogen (secondary N) is 1. The first kappa shape index (κ1) is 17.1. The highest BCUT2D eigenvalue weighted by atomic mass is 16.5. The Morgan fingerprint density at radius 3 is 2.70 bits per heavy atom. The zero-order valence-electron chi connectivity index (χ0n) is 12.6. The molecule has 1 rings (SSSR count). The molecule has 20 heavy (non-hydrogen) atoms. The predicted molar refractivity (Wildman–Crippen MR) is 81.1 cm³/mol. The molecular weight excluding hydrogens is 254 g/mol. The Balaban J connectivity index is 2.02. The van der Waals surface area contributed by atoms with Crippen molar-refractivity contribution in [2.45, 2.75) is 26.4 Å². The number of hydrogen-bond donors (Lipinski definition) is 2. The molecule has 0 bridgehead atoms. The Morgan fingerprint density at radius 2 is 1.95 bits per heavy atom. The van der Waals surface area contributed by atoms with Crippen molar-refractivity contribution in [2.75, 3.05) is 39.5 Å². The van der Waals surface area contributed by atoms with E-state index in [0.29, 0.717) is 33.0 Å². The van der Waals surface area contributed by atoms with Crippen molar-refractivity contribution >= 4 is 0 Å². The Bertz CT molecular complexity index is 357. The van der Waals surface area contributed by atoms with Crippen molar-refractivity contribution < 1.29 is 14.6 Å². The van der Waals surface area contributed by atoms with Gasteiger partial charge >= 0.3 is 0 Å². The SMILES string of the molecule is CCOCCOCC(O)CNCCc1ccccc1C. The molecule has 1 aromatic carbocycles. The molecule has 0 radical (unpaired) electrons. The number of aliphatic hydroxyl groups excluding tert-OH is 1. The second kappa shape index (κ2) is 10.8. The summed E-state index contributed by atoms with van der Waals surface area (Å²) in [5.74, 6) is 0. The van der Waals surface area contributed by atoms with Gasteiger partial charge in [0.1, 0.15) is 0 Å². The highest BCUT2D eigenvalue weighted by Crippen LogP contribution is 2.06. The number of aryl methyl sites for hydroxylation is 1. The minimum Gasteiger partial charge on any atom is -0.389 e. The van der Waals surface area contributed by atoms with E-state index in [9.17, 15) is 5.11 Å². The number of rotatable bonds is 11. The average molecular weight is 281 g/mol. The predicted octanol–water partition coefficient (Wildman–Crippen LogP) is 1.54. The zero-order chi connectivity index (χ0) is 14.6. The van der Waals surface area contributed by atoms with Gasteiger partial charge in [0, 0.05) is 13.2 Å². The molecule has 0 saturated carbocycles. The van der Waals surface area contributed by atoms with Crippen molar-refractivity contribution in [1.82, 2.24) is 5.32 Å². The molecule has 0 spiro atoms. The van der Waals surface area contributed by atoms with Crippen LogP contribution in [0.4, 0.5) is 0 Å². The van der Waals surface area contributed by atoms with E-state index in [2.05, 4.69) is 36.5 Å². The summed E-state index contributed by atoms with van der Waals surface area (Å²) in [6.07, 6.45) is 0.512. The lowest BCUT2D eigenvalue weighted by atomic mass is 10.1. The van der Waals surface area contributed by atoms with E-state index in [0.717, 1.165) is 13.0 Å². The molecule has 1 unspecified atom stereocenters. The minimum absolute atomic E-state index is 0.352. The van der Waals surface area contributed by atoms with E-state index in [1.165, 1.54) is 11.1 Å². The van der Waals surface area contributed by atoms with Crippen molar-refractivity contribution in [2.24, 2.45) is 0 Å². The number of ether oxygens (including phenoxy) is 2. The normalized spacial score (nSPS) is 12.6. The highest BCUT2D eigenvalue weighted by Gasteiger charge is 2.04. The van der Waals surface area contributed by atoms with Crippen LogP contribution in [-0.4, -0.2) is 50.7 Å². The van der Waals surface area contributed by atoms with E-state index >= 15 is 0 Å². The topological polar surface area (TPSA) is 50.7 Å². The van der Waals surface area contributed by atoms with Crippen LogP contribution in [0, 0.1) is 6.92 Å². The number of benzene rings is 1. The standard InChI is InChI=1S/C16H27NO3/c1-3-19-10-11-20-13-16(18)12-17-9-8-15-7-5-4-6-14(15)2/h4-7,16-18H,3,8-13H2,1-2H3. The monoisotopic (exact) mass is 281 g/mol. The van der Waals surface area contributed by atoms with E-state index < -0.39 is 6.10 Å². The minimum atomic E-state index is -0.464. The molecule has 2 N–H and O–H groups in total. The molecule has 0 aromatic heterocycles. The quantitative estimate of drug-likeness (QED) is 0.604. The summed E-state index contributed by atoms with van der Waals surface area (Å²) in [5, 5.41) is 13.0. The van der Waals surface area contributed by atoms with Crippen LogP contribution in [-0.2, 0) is 15.9 Å². The zero-order valence-corrected chi connectivity index (χ0v) is 12.6. The molecule has 0 aliphatic heterocycles. The van der Waals surface area contributed by atoms with E-state index in [1.807, 2.05) is 6.92 Å². The van der Waals surface area contributed by atoms with Gasteiger partial charge in [0.25, 0.3) is 0 Å². The third-order valence-corrected chi connectivity index (χ3v) is 3.10. The van der Waals surface area contributed by atoms with E-state index in [1.54, 1.807) is 0 Å². The third kappa shape index (κ3) is 7.60. The summed E-state index contributed by atoms with van der Waals surface area (Å²) in [5.41, 5.74) is 2.66. The molecule has 0 amide bonds. The van der Waals surface area contributed by atoms with Crippen LogP contribution in [0.25, 0.3) is 0 Å². The first-order valence-corrected chi connectivity index (χ1v) is 7.32. The molecule has 0 aliphatic carbocycles. The smallest absolute Gasteiger partial charge is 0.0897 e. The fourth-order valence-corrected chi connectivity index (χ4v) is 1.92. The second-order valence-electron chi connectivity index (χ2n) is 4.81. The van der Waals surface area contributed by atoms with Gasteiger partial charge in [-0.05, 0) is 37.9 Å². The van der Waals surface area contributed by atoms with Crippen LogP contribution >= 0.6 is 0 Å². The summed E-state index contributed by atoms with van der Waals surface area (Å²) in [6.45, 7) is 7.67. The lowest BCUT2D eigenvalue weighted by molar-refractivity contribution is 0.00659. The van der Waals surface area contributed by atoms with Gasteiger partial charge in [-0.25, -0.2) is 0 Å². The van der Waals surface area contributed by atoms with Crippen LogP contribution in [0.1, 0.15) is 18.1 Å². The molecule has 1 aromatic rings. The summed E-state index contributed by atoms with van der Waals surface area (Å²) in [4.78, 5) is 0. The molecule has 1 atom stereocenters. The van der Waals surface area contributed by atoms with Crippen LogP contribution in [0.2, 0.25) is 0 Å². The van der Waals surface area contributed by atoms with Crippen molar-refractivity contribution in [1.29, 1.82) is 0 Å². The molecule has 114 valence electrons. The Morgan fingerprint density at radius 1 is 1.20 bits per heavy atom. The molecule has 0 aliphatic rings. The first-order chi connectivity index (χ1) is 9.74. The Kier molecular flexibility index (Phi) is 9.24. The van der Waals surface area contributed by atoms with E-state index in [4.69, 9.17) is 9.47 Å². The fourth-order valence-electron chi connectivity index (χ4n) is 1.92. The van der Waals surface area contributed by atoms with E-state index in [-0.39, 0.29) is 0 Å². The maximum atomic E-state index is 9.73. The average Bonchev–Trinajstić information content (AvgIpc) is 2.45. The van der Waals surface area contributed by atoms with Gasteiger partial charge in [0.2, 0.25) is 0 Å². The number of hydrogen-bond acceptors (Lipinski definition) is 4. The molecule has 0 fully saturated rings. The maximum Gasteiger partial charge on any atom is 0.0897 e. The highest BCUT2D eigenvalue weighted by molar-refractivity contribution is 5.25. The van der Waals surface area contributed by atoms with Crippen molar-refractivity contribution in [3.63, 3.8) is 0 Å². The summed E-state index contributed by atoms with van der Waals surface area (Å²) < 4.78 is 10.5. The van der Waals surface area contributed by atoms with Gasteiger partial charge in [-0.2, -0.15) is 0 Å². The van der Waals surface area contributed by atoms with Gasteiger partial charge < -0.3 is 19.9 Å². The van der Waals surface area contributed by atoms with Crippen LogP contribution in [0.15, 0.2) is 24.3 Å². The van der Waals surface area contributed by atoms with Crippen molar-refractivity contribution in [3.8, 4) is 0 Å². The Hall–Kier alpha value is -0.940. The summed E-state index contributed by atoms with van der Waals surface area (Å²) >= 11 is 0. The summed E-state index contributed by atoms with van der Waals surface area (Å²) in [7, 11) is 0. The van der Waals surface area contributed by atoms with Crippen LogP contribution < -0.4 is 5.32 Å². The molecule has 0 heterocycles. The largest absolute Gasteiger partial charge is 0.389 e. The lowest BCUT2D eigenvalue weighted by Gasteiger charge is -2.13. The third-order valence-electron chi connectivity index (χ3n) is 3.10. The van der Waals surface area contributed by atoms with Crippen LogP contribution in [0.5, 0.6) is 0 Å². The molecule has 4 heteroatoms. The maximum absolute atomic E-state index is 9.73. The molecule has 0 saturated heterocycles.